The largest absolute Gasteiger partial charge is 0.370 e. The van der Waals surface area contributed by atoms with E-state index in [0.29, 0.717) is 0 Å². The summed E-state index contributed by atoms with van der Waals surface area (Å²) in [7, 11) is 1.98. The van der Waals surface area contributed by atoms with E-state index in [4.69, 9.17) is 0 Å². The Hall–Kier alpha value is -1.84. The van der Waals surface area contributed by atoms with E-state index < -0.39 is 0 Å². The molecule has 0 saturated carbocycles. The summed E-state index contributed by atoms with van der Waals surface area (Å²) >= 11 is 0. The molecule has 0 unspecified atom stereocenters. The van der Waals surface area contributed by atoms with Crippen molar-refractivity contribution in [1.82, 2.24) is 14.8 Å². The van der Waals surface area contributed by atoms with Crippen molar-refractivity contribution in [3.63, 3.8) is 0 Å². The predicted molar refractivity (Wildman–Crippen MR) is 71.7 cm³/mol. The normalized spacial score (nSPS) is 13.6. The number of nitrogens with zero attached hydrogens (tertiary/aromatic N) is 3. The number of rotatable bonds is 4. The number of hydrogen-bond acceptors (Lipinski definition) is 3. The Kier molecular flexibility index (Phi) is 3.00. The third-order valence-corrected chi connectivity index (χ3v) is 3.54. The van der Waals surface area contributed by atoms with Crippen LogP contribution < -0.4 is 5.32 Å². The van der Waals surface area contributed by atoms with Crippen molar-refractivity contribution in [3.8, 4) is 0 Å². The third kappa shape index (κ3) is 2.23. The highest BCUT2D eigenvalue weighted by Gasteiger charge is 2.12. The number of fused-ring (bicyclic) bond motifs is 1. The fourth-order valence-electron chi connectivity index (χ4n) is 2.48. The van der Waals surface area contributed by atoms with Gasteiger partial charge < -0.3 is 5.32 Å². The van der Waals surface area contributed by atoms with Crippen molar-refractivity contribution in [1.29, 1.82) is 0 Å². The Labute approximate surface area is 107 Å². The van der Waals surface area contributed by atoms with Gasteiger partial charge >= 0.3 is 0 Å². The smallest absolute Gasteiger partial charge is 0.126 e. The van der Waals surface area contributed by atoms with Gasteiger partial charge in [-0.15, -0.1) is 0 Å². The maximum Gasteiger partial charge on any atom is 0.126 e. The first-order chi connectivity index (χ1) is 8.83. The van der Waals surface area contributed by atoms with Crippen molar-refractivity contribution >= 4 is 5.82 Å². The van der Waals surface area contributed by atoms with Crippen LogP contribution in [-0.4, -0.2) is 21.3 Å². The number of pyridine rings is 1. The van der Waals surface area contributed by atoms with Gasteiger partial charge in [-0.1, -0.05) is 6.07 Å². The summed E-state index contributed by atoms with van der Waals surface area (Å²) in [6, 6.07) is 6.35. The van der Waals surface area contributed by atoms with E-state index in [-0.39, 0.29) is 0 Å². The van der Waals surface area contributed by atoms with Crippen LogP contribution in [0.25, 0.3) is 0 Å². The summed E-state index contributed by atoms with van der Waals surface area (Å²) < 4.78 is 1.91. The summed E-state index contributed by atoms with van der Waals surface area (Å²) in [5.74, 6) is 0.998. The fourth-order valence-corrected chi connectivity index (χ4v) is 2.48. The van der Waals surface area contributed by atoms with E-state index in [9.17, 15) is 0 Å². The summed E-state index contributed by atoms with van der Waals surface area (Å²) in [5, 5.41) is 7.55. The minimum Gasteiger partial charge on any atom is -0.370 e. The first kappa shape index (κ1) is 11.3. The van der Waals surface area contributed by atoms with Crippen molar-refractivity contribution in [2.75, 3.05) is 11.9 Å². The van der Waals surface area contributed by atoms with Crippen LogP contribution in [0.3, 0.4) is 0 Å². The lowest BCUT2D eigenvalue weighted by Gasteiger charge is -2.07. The van der Waals surface area contributed by atoms with Crippen molar-refractivity contribution in [3.05, 3.63) is 41.3 Å². The van der Waals surface area contributed by atoms with Crippen LogP contribution in [0, 0.1) is 0 Å². The molecule has 1 aliphatic carbocycles. The standard InChI is InChI=1S/C14H18N4/c1-18-12(8-10-16-18)7-9-15-14-6-5-11-3-2-4-13(11)17-14/h5-6,8,10H,2-4,7,9H2,1H3,(H,15,17). The highest BCUT2D eigenvalue weighted by molar-refractivity contribution is 5.40. The van der Waals surface area contributed by atoms with Gasteiger partial charge in [0.2, 0.25) is 0 Å². The summed E-state index contributed by atoms with van der Waals surface area (Å²) in [4.78, 5) is 4.66. The molecular weight excluding hydrogens is 224 g/mol. The highest BCUT2D eigenvalue weighted by atomic mass is 15.3. The van der Waals surface area contributed by atoms with E-state index in [0.717, 1.165) is 25.2 Å². The minimum atomic E-state index is 0.894. The fraction of sp³-hybridized carbons (Fsp3) is 0.429. The van der Waals surface area contributed by atoms with Gasteiger partial charge in [-0.3, -0.25) is 4.68 Å². The molecule has 0 bridgehead atoms. The van der Waals surface area contributed by atoms with Gasteiger partial charge in [-0.2, -0.15) is 5.10 Å². The van der Waals surface area contributed by atoms with E-state index in [2.05, 4.69) is 33.6 Å². The Bertz CT molecular complexity index is 544. The summed E-state index contributed by atoms with van der Waals surface area (Å²) in [6.45, 7) is 0.894. The minimum absolute atomic E-state index is 0.894. The molecule has 0 spiro atoms. The molecule has 94 valence electrons. The van der Waals surface area contributed by atoms with Crippen LogP contribution in [0.1, 0.15) is 23.4 Å². The third-order valence-electron chi connectivity index (χ3n) is 3.54. The van der Waals surface area contributed by atoms with Crippen LogP contribution >= 0.6 is 0 Å². The number of nitrogens with one attached hydrogen (secondary N) is 1. The van der Waals surface area contributed by atoms with E-state index in [1.165, 1.54) is 29.8 Å². The Morgan fingerprint density at radius 3 is 3.06 bits per heavy atom. The van der Waals surface area contributed by atoms with Gasteiger partial charge in [0.25, 0.3) is 0 Å². The zero-order valence-electron chi connectivity index (χ0n) is 10.7. The zero-order chi connectivity index (χ0) is 12.4. The van der Waals surface area contributed by atoms with Crippen LogP contribution in [0.4, 0.5) is 5.82 Å². The monoisotopic (exact) mass is 242 g/mol. The van der Waals surface area contributed by atoms with Gasteiger partial charge in [-0.05, 0) is 37.0 Å². The van der Waals surface area contributed by atoms with Gasteiger partial charge in [0.1, 0.15) is 5.82 Å². The SMILES string of the molecule is Cn1nccc1CCNc1ccc2c(n1)CCC2. The number of aromatic nitrogens is 3. The highest BCUT2D eigenvalue weighted by Crippen LogP contribution is 2.21. The molecule has 0 aliphatic heterocycles. The second kappa shape index (κ2) is 4.80. The van der Waals surface area contributed by atoms with Crippen molar-refractivity contribution in [2.24, 2.45) is 7.05 Å². The number of hydrogen-bond donors (Lipinski definition) is 1. The van der Waals surface area contributed by atoms with Gasteiger partial charge in [0.15, 0.2) is 0 Å². The summed E-state index contributed by atoms with van der Waals surface area (Å²) in [5.41, 5.74) is 3.94. The zero-order valence-corrected chi connectivity index (χ0v) is 10.7. The molecule has 1 aliphatic rings. The second-order valence-electron chi connectivity index (χ2n) is 4.78. The first-order valence-electron chi connectivity index (χ1n) is 6.52. The molecule has 4 heteroatoms. The Morgan fingerprint density at radius 2 is 2.22 bits per heavy atom. The molecule has 3 rings (SSSR count). The quantitative estimate of drug-likeness (QED) is 0.891. The second-order valence-corrected chi connectivity index (χ2v) is 4.78. The Morgan fingerprint density at radius 1 is 1.28 bits per heavy atom. The lowest BCUT2D eigenvalue weighted by molar-refractivity contribution is 0.711. The van der Waals surface area contributed by atoms with E-state index in [1.54, 1.807) is 0 Å². The van der Waals surface area contributed by atoms with Gasteiger partial charge in [0, 0.05) is 37.6 Å². The molecule has 18 heavy (non-hydrogen) atoms. The van der Waals surface area contributed by atoms with Gasteiger partial charge in [-0.25, -0.2) is 4.98 Å². The first-order valence-corrected chi connectivity index (χ1v) is 6.52. The average Bonchev–Trinajstić information content (AvgIpc) is 2.98. The molecule has 0 atom stereocenters. The van der Waals surface area contributed by atoms with Gasteiger partial charge in [0.05, 0.1) is 0 Å². The predicted octanol–water partition coefficient (Wildman–Crippen LogP) is 1.96. The van der Waals surface area contributed by atoms with E-state index in [1.807, 2.05) is 17.9 Å². The van der Waals surface area contributed by atoms with Crippen LogP contribution in [0.15, 0.2) is 24.4 Å². The number of aryl methyl sites for hydroxylation is 3. The molecule has 1 N–H and O–H groups in total. The van der Waals surface area contributed by atoms with Crippen LogP contribution in [0.2, 0.25) is 0 Å². The van der Waals surface area contributed by atoms with E-state index >= 15 is 0 Å². The lowest BCUT2D eigenvalue weighted by atomic mass is 10.2. The molecular formula is C14H18N4. The molecule has 0 amide bonds. The molecule has 0 fully saturated rings. The topological polar surface area (TPSA) is 42.7 Å². The van der Waals surface area contributed by atoms with Crippen molar-refractivity contribution < 1.29 is 0 Å². The molecule has 2 aromatic heterocycles. The van der Waals surface area contributed by atoms with Crippen LogP contribution in [-0.2, 0) is 26.3 Å². The number of anilines is 1. The average molecular weight is 242 g/mol. The molecule has 0 radical (unpaired) electrons. The maximum atomic E-state index is 4.66. The molecule has 2 heterocycles. The summed E-state index contributed by atoms with van der Waals surface area (Å²) in [6.07, 6.45) is 6.38. The molecule has 0 aromatic carbocycles. The van der Waals surface area contributed by atoms with Crippen LogP contribution in [0.5, 0.6) is 0 Å². The lowest BCUT2D eigenvalue weighted by Crippen LogP contribution is -2.09. The molecule has 2 aromatic rings. The maximum absolute atomic E-state index is 4.66. The Balaban J connectivity index is 1.59. The molecule has 4 nitrogen and oxygen atoms in total. The van der Waals surface area contributed by atoms with Crippen molar-refractivity contribution in [2.45, 2.75) is 25.7 Å². The molecule has 0 saturated heterocycles.